The molecule has 0 aromatic heterocycles. The second kappa shape index (κ2) is 8.62. The Kier molecular flexibility index (Phi) is 6.27. The van der Waals surface area contributed by atoms with Crippen LogP contribution in [0.15, 0.2) is 42.5 Å². The molecule has 2 amide bonds. The number of nitrogens with zero attached hydrogens (tertiary/aromatic N) is 1. The first kappa shape index (κ1) is 20.4. The number of carbonyl (C=O) groups is 3. The molecule has 10 nitrogen and oxygen atoms in total. The Morgan fingerprint density at radius 1 is 1.11 bits per heavy atom. The molecule has 0 saturated carbocycles. The fourth-order valence-electron chi connectivity index (χ4n) is 2.26. The summed E-state index contributed by atoms with van der Waals surface area (Å²) >= 11 is 0. The lowest BCUT2D eigenvalue weighted by atomic mass is 10.1. The van der Waals surface area contributed by atoms with Crippen molar-refractivity contribution in [1.29, 1.82) is 0 Å². The predicted molar refractivity (Wildman–Crippen MR) is 101 cm³/mol. The number of benzene rings is 2. The minimum Gasteiger partial charge on any atom is -0.449 e. The monoisotopic (exact) mass is 386 g/mol. The van der Waals surface area contributed by atoms with E-state index in [-0.39, 0.29) is 22.5 Å². The van der Waals surface area contributed by atoms with Gasteiger partial charge >= 0.3 is 5.97 Å². The van der Waals surface area contributed by atoms with Gasteiger partial charge in [-0.05, 0) is 43.3 Å². The van der Waals surface area contributed by atoms with Crippen molar-refractivity contribution in [3.8, 4) is 0 Å². The van der Waals surface area contributed by atoms with Crippen LogP contribution < -0.4 is 16.4 Å². The lowest BCUT2D eigenvalue weighted by Crippen LogP contribution is -2.30. The van der Waals surface area contributed by atoms with Crippen LogP contribution in [0.2, 0.25) is 0 Å². The summed E-state index contributed by atoms with van der Waals surface area (Å²) < 4.78 is 5.07. The number of rotatable bonds is 7. The third-order valence-electron chi connectivity index (χ3n) is 3.79. The molecule has 0 spiro atoms. The number of nitrogens with one attached hydrogen (secondary N) is 2. The largest absolute Gasteiger partial charge is 0.449 e. The van der Waals surface area contributed by atoms with Gasteiger partial charge in [0.05, 0.1) is 10.5 Å². The first-order valence-electron chi connectivity index (χ1n) is 8.11. The van der Waals surface area contributed by atoms with E-state index in [0.717, 1.165) is 6.07 Å². The van der Waals surface area contributed by atoms with E-state index >= 15 is 0 Å². The molecule has 0 aliphatic carbocycles. The van der Waals surface area contributed by atoms with E-state index in [4.69, 9.17) is 10.5 Å². The van der Waals surface area contributed by atoms with E-state index < -0.39 is 28.8 Å². The van der Waals surface area contributed by atoms with Crippen LogP contribution in [0, 0.1) is 10.1 Å². The van der Waals surface area contributed by atoms with E-state index in [0.29, 0.717) is 5.69 Å². The van der Waals surface area contributed by atoms with Crippen LogP contribution >= 0.6 is 0 Å². The molecular formula is C18H18N4O6. The fraction of sp³-hybridized carbons (Fsp3) is 0.167. The number of primary amides is 1. The standard InChI is InChI=1S/C18H18N4O6/c1-10(17(24)21-13-6-3-11(4-7-13)16(19)23)28-18(25)12-5-8-14(20-2)15(9-12)22(26)27/h3-10,20H,1-2H3,(H2,19,23)(H,21,24)/t10-/m1/s1. The number of hydrogen-bond acceptors (Lipinski definition) is 7. The lowest BCUT2D eigenvalue weighted by Gasteiger charge is -2.14. The van der Waals surface area contributed by atoms with Crippen molar-refractivity contribution in [2.24, 2.45) is 5.73 Å². The molecule has 2 rings (SSSR count). The summed E-state index contributed by atoms with van der Waals surface area (Å²) in [6.45, 7) is 1.36. The van der Waals surface area contributed by atoms with Crippen molar-refractivity contribution in [1.82, 2.24) is 0 Å². The SMILES string of the molecule is CNc1ccc(C(=O)O[C@H](C)C(=O)Nc2ccc(C(N)=O)cc2)cc1[N+](=O)[O-]. The zero-order valence-electron chi connectivity index (χ0n) is 15.1. The normalized spacial score (nSPS) is 11.2. The summed E-state index contributed by atoms with van der Waals surface area (Å²) in [7, 11) is 1.52. The Hall–Kier alpha value is -3.95. The van der Waals surface area contributed by atoms with Crippen molar-refractivity contribution in [2.45, 2.75) is 13.0 Å². The molecule has 2 aromatic carbocycles. The van der Waals surface area contributed by atoms with Crippen molar-refractivity contribution in [3.63, 3.8) is 0 Å². The van der Waals surface area contributed by atoms with Crippen LogP contribution in [-0.4, -0.2) is 35.9 Å². The number of ether oxygens (including phenoxy) is 1. The minimum atomic E-state index is -1.16. The molecule has 0 heterocycles. The highest BCUT2D eigenvalue weighted by atomic mass is 16.6. The lowest BCUT2D eigenvalue weighted by molar-refractivity contribution is -0.384. The van der Waals surface area contributed by atoms with Crippen molar-refractivity contribution in [2.75, 3.05) is 17.7 Å². The molecule has 0 unspecified atom stereocenters. The van der Waals surface area contributed by atoms with E-state index in [9.17, 15) is 24.5 Å². The van der Waals surface area contributed by atoms with Crippen molar-refractivity contribution >= 4 is 34.8 Å². The molecule has 146 valence electrons. The Balaban J connectivity index is 2.05. The Morgan fingerprint density at radius 2 is 1.71 bits per heavy atom. The van der Waals surface area contributed by atoms with E-state index in [1.165, 1.54) is 50.4 Å². The van der Waals surface area contributed by atoms with Gasteiger partial charge in [-0.3, -0.25) is 19.7 Å². The van der Waals surface area contributed by atoms with Crippen LogP contribution in [0.1, 0.15) is 27.6 Å². The zero-order chi connectivity index (χ0) is 20.8. The maximum atomic E-state index is 12.2. The summed E-state index contributed by atoms with van der Waals surface area (Å²) in [6, 6.07) is 9.64. The highest BCUT2D eigenvalue weighted by Gasteiger charge is 2.22. The first-order valence-corrected chi connectivity index (χ1v) is 8.11. The minimum absolute atomic E-state index is 0.0591. The summed E-state index contributed by atoms with van der Waals surface area (Å²) in [5.41, 5.74) is 5.70. The maximum Gasteiger partial charge on any atom is 0.339 e. The van der Waals surface area contributed by atoms with Gasteiger partial charge in [0.1, 0.15) is 5.69 Å². The molecule has 1 atom stereocenters. The summed E-state index contributed by atoms with van der Waals surface area (Å²) in [5, 5.41) is 16.3. The van der Waals surface area contributed by atoms with Crippen LogP contribution in [0.4, 0.5) is 17.1 Å². The van der Waals surface area contributed by atoms with E-state index in [1.807, 2.05) is 0 Å². The molecule has 0 aliphatic rings. The quantitative estimate of drug-likeness (QED) is 0.373. The van der Waals surface area contributed by atoms with Crippen LogP contribution in [-0.2, 0) is 9.53 Å². The second-order valence-electron chi connectivity index (χ2n) is 5.72. The van der Waals surface area contributed by atoms with Gasteiger partial charge in [0.2, 0.25) is 5.91 Å². The molecule has 10 heteroatoms. The average Bonchev–Trinajstić information content (AvgIpc) is 2.67. The average molecular weight is 386 g/mol. The smallest absolute Gasteiger partial charge is 0.339 e. The number of anilines is 2. The molecular weight excluding hydrogens is 368 g/mol. The Bertz CT molecular complexity index is 926. The summed E-state index contributed by atoms with van der Waals surface area (Å²) in [4.78, 5) is 45.9. The van der Waals surface area contributed by atoms with Gasteiger partial charge in [0, 0.05) is 24.4 Å². The van der Waals surface area contributed by atoms with E-state index in [1.54, 1.807) is 0 Å². The highest BCUT2D eigenvalue weighted by molar-refractivity contribution is 5.98. The number of hydrogen-bond donors (Lipinski definition) is 3. The first-order chi connectivity index (χ1) is 13.2. The molecule has 0 radical (unpaired) electrons. The third-order valence-corrected chi connectivity index (χ3v) is 3.79. The number of nitro groups is 1. The van der Waals surface area contributed by atoms with Crippen molar-refractivity contribution < 1.29 is 24.0 Å². The number of amides is 2. The van der Waals surface area contributed by atoms with E-state index in [2.05, 4.69) is 10.6 Å². The van der Waals surface area contributed by atoms with Gasteiger partial charge in [-0.1, -0.05) is 0 Å². The molecule has 0 fully saturated rings. The molecule has 4 N–H and O–H groups in total. The van der Waals surface area contributed by atoms with Crippen LogP contribution in [0.25, 0.3) is 0 Å². The topological polar surface area (TPSA) is 154 Å². The highest BCUT2D eigenvalue weighted by Crippen LogP contribution is 2.25. The van der Waals surface area contributed by atoms with Crippen molar-refractivity contribution in [3.05, 3.63) is 63.7 Å². The fourth-order valence-corrected chi connectivity index (χ4v) is 2.26. The van der Waals surface area contributed by atoms with Crippen LogP contribution in [0.3, 0.4) is 0 Å². The molecule has 0 bridgehead atoms. The van der Waals surface area contributed by atoms with Gasteiger partial charge in [0.15, 0.2) is 6.10 Å². The van der Waals surface area contributed by atoms with Gasteiger partial charge in [-0.2, -0.15) is 0 Å². The molecule has 28 heavy (non-hydrogen) atoms. The molecule has 0 aliphatic heterocycles. The zero-order valence-corrected chi connectivity index (χ0v) is 15.1. The second-order valence-corrected chi connectivity index (χ2v) is 5.72. The predicted octanol–water partition coefficient (Wildman–Crippen LogP) is 1.92. The van der Waals surface area contributed by atoms with Gasteiger partial charge in [-0.25, -0.2) is 4.79 Å². The maximum absolute atomic E-state index is 12.2. The van der Waals surface area contributed by atoms with Crippen LogP contribution in [0.5, 0.6) is 0 Å². The third kappa shape index (κ3) is 4.81. The number of esters is 1. The number of nitrogens with two attached hydrogens (primary N) is 1. The molecule has 2 aromatic rings. The molecule has 0 saturated heterocycles. The van der Waals surface area contributed by atoms with Gasteiger partial charge in [-0.15, -0.1) is 0 Å². The summed E-state index contributed by atoms with van der Waals surface area (Å²) in [5.74, 6) is -2.09. The van der Waals surface area contributed by atoms with Gasteiger partial charge in [0.25, 0.3) is 11.6 Å². The Labute approximate surface area is 159 Å². The summed E-state index contributed by atoms with van der Waals surface area (Å²) in [6.07, 6.45) is -1.16. The number of carbonyl (C=O) groups excluding carboxylic acids is 3. The van der Waals surface area contributed by atoms with Gasteiger partial charge < -0.3 is 21.1 Å². The Morgan fingerprint density at radius 3 is 2.25 bits per heavy atom. The number of nitro benzene ring substituents is 1.